The number of nitrogens with zero attached hydrogens (tertiary/aromatic N) is 3. The van der Waals surface area contributed by atoms with Gasteiger partial charge in [0.2, 0.25) is 0 Å². The number of hydrogen-bond donors (Lipinski definition) is 1. The topological polar surface area (TPSA) is 68.6 Å². The first-order chi connectivity index (χ1) is 15.5. The van der Waals surface area contributed by atoms with Gasteiger partial charge in [0.1, 0.15) is 17.2 Å². The molecule has 1 N–H and O–H groups in total. The first-order valence-corrected chi connectivity index (χ1v) is 11.1. The summed E-state index contributed by atoms with van der Waals surface area (Å²) in [5.41, 5.74) is 2.87. The molecule has 7 nitrogen and oxygen atoms in total. The third kappa shape index (κ3) is 4.68. The number of rotatable bonds is 7. The van der Waals surface area contributed by atoms with E-state index in [4.69, 9.17) is 21.7 Å². The predicted molar refractivity (Wildman–Crippen MR) is 131 cm³/mol. The average molecular weight is 513 g/mol. The maximum Gasteiger partial charge on any atom is 0.281 e. The Kier molecular flexibility index (Phi) is 6.57. The molecule has 1 aliphatic rings. The Balaban J connectivity index is 1.58. The van der Waals surface area contributed by atoms with E-state index in [2.05, 4.69) is 26.3 Å². The average Bonchev–Trinajstić information content (AvgIpc) is 3.31. The smallest absolute Gasteiger partial charge is 0.281 e. The van der Waals surface area contributed by atoms with E-state index in [9.17, 15) is 4.79 Å². The molecule has 1 fully saturated rings. The van der Waals surface area contributed by atoms with Crippen LogP contribution in [0.2, 0.25) is 0 Å². The molecule has 9 heteroatoms. The molecule has 2 heterocycles. The molecule has 0 radical (unpaired) electrons. The van der Waals surface area contributed by atoms with E-state index >= 15 is 0 Å². The fourth-order valence-electron chi connectivity index (χ4n) is 3.41. The van der Waals surface area contributed by atoms with Gasteiger partial charge in [-0.25, -0.2) is 0 Å². The molecular formula is C23H21BrN4O3S. The van der Waals surface area contributed by atoms with E-state index < -0.39 is 0 Å². The molecule has 0 unspecified atom stereocenters. The fourth-order valence-corrected chi connectivity index (χ4v) is 4.03. The Bertz CT molecular complexity index is 1190. The first kappa shape index (κ1) is 22.0. The number of amides is 1. The summed E-state index contributed by atoms with van der Waals surface area (Å²) in [4.78, 5) is 14.5. The van der Waals surface area contributed by atoms with Crippen molar-refractivity contribution in [1.29, 1.82) is 0 Å². The molecule has 0 bridgehead atoms. The van der Waals surface area contributed by atoms with Crippen molar-refractivity contribution >= 4 is 50.9 Å². The molecule has 2 aromatic carbocycles. The summed E-state index contributed by atoms with van der Waals surface area (Å²) in [5.74, 6) is 1.27. The maximum atomic E-state index is 13.1. The Morgan fingerprint density at radius 3 is 2.66 bits per heavy atom. The zero-order valence-corrected chi connectivity index (χ0v) is 19.9. The van der Waals surface area contributed by atoms with E-state index in [1.807, 2.05) is 55.6 Å². The highest BCUT2D eigenvalue weighted by Crippen LogP contribution is 2.27. The van der Waals surface area contributed by atoms with Crippen LogP contribution in [0.15, 0.2) is 65.0 Å². The SMILES string of the molecule is CCOc1ccc(N2C(=O)/C(=C\c3ccc(OC)c(Cn4cc(Br)cn4)c3)NC2=S)cc1. The molecule has 0 aliphatic carbocycles. The Labute approximate surface area is 199 Å². The van der Waals surface area contributed by atoms with Crippen molar-refractivity contribution in [1.82, 2.24) is 15.1 Å². The highest BCUT2D eigenvalue weighted by molar-refractivity contribution is 9.10. The number of carbonyl (C=O) groups excluding carboxylic acids is 1. The molecule has 32 heavy (non-hydrogen) atoms. The first-order valence-electron chi connectivity index (χ1n) is 9.93. The van der Waals surface area contributed by atoms with Crippen LogP contribution in [0, 0.1) is 0 Å². The number of carbonyl (C=O) groups is 1. The van der Waals surface area contributed by atoms with Crippen LogP contribution >= 0.6 is 28.1 Å². The summed E-state index contributed by atoms with van der Waals surface area (Å²) in [5, 5.41) is 7.66. The molecule has 1 aromatic heterocycles. The van der Waals surface area contributed by atoms with Gasteiger partial charge in [-0.2, -0.15) is 5.10 Å². The van der Waals surface area contributed by atoms with Gasteiger partial charge in [-0.1, -0.05) is 6.07 Å². The Morgan fingerprint density at radius 1 is 1.22 bits per heavy atom. The third-order valence-corrected chi connectivity index (χ3v) is 5.53. The standard InChI is InChI=1S/C23H21BrN4O3S/c1-3-31-19-7-5-18(6-8-19)28-22(29)20(26-23(28)32)11-15-4-9-21(30-2)16(10-15)13-27-14-17(24)12-25-27/h4-12,14H,3,13H2,1-2H3,(H,26,32)/b20-11+. The minimum Gasteiger partial charge on any atom is -0.496 e. The second-order valence-electron chi connectivity index (χ2n) is 6.98. The van der Waals surface area contributed by atoms with Crippen LogP contribution in [0.1, 0.15) is 18.1 Å². The number of anilines is 1. The second-order valence-corrected chi connectivity index (χ2v) is 8.29. The van der Waals surface area contributed by atoms with Gasteiger partial charge in [0.05, 0.1) is 36.6 Å². The zero-order chi connectivity index (χ0) is 22.7. The molecule has 3 aromatic rings. The van der Waals surface area contributed by atoms with Crippen LogP contribution in [-0.4, -0.2) is 34.5 Å². The molecular weight excluding hydrogens is 492 g/mol. The van der Waals surface area contributed by atoms with Crippen molar-refractivity contribution < 1.29 is 14.3 Å². The number of methoxy groups -OCH3 is 1. The van der Waals surface area contributed by atoms with Crippen molar-refractivity contribution in [2.24, 2.45) is 0 Å². The molecule has 1 amide bonds. The minimum absolute atomic E-state index is 0.215. The van der Waals surface area contributed by atoms with Gasteiger partial charge in [-0.05, 0) is 83.1 Å². The lowest BCUT2D eigenvalue weighted by Crippen LogP contribution is -2.30. The number of thiocarbonyl (C=S) groups is 1. The number of nitrogens with one attached hydrogen (secondary N) is 1. The molecule has 0 atom stereocenters. The van der Waals surface area contributed by atoms with Crippen LogP contribution < -0.4 is 19.7 Å². The quantitative estimate of drug-likeness (QED) is 0.374. The number of ether oxygens (including phenoxy) is 2. The zero-order valence-electron chi connectivity index (χ0n) is 17.5. The van der Waals surface area contributed by atoms with Gasteiger partial charge in [-0.3, -0.25) is 14.4 Å². The van der Waals surface area contributed by atoms with Crippen molar-refractivity contribution in [2.45, 2.75) is 13.5 Å². The summed E-state index contributed by atoms with van der Waals surface area (Å²) < 4.78 is 13.7. The van der Waals surface area contributed by atoms with Crippen molar-refractivity contribution in [3.63, 3.8) is 0 Å². The van der Waals surface area contributed by atoms with E-state index in [0.29, 0.717) is 29.6 Å². The second kappa shape index (κ2) is 9.54. The van der Waals surface area contributed by atoms with Crippen LogP contribution in [0.3, 0.4) is 0 Å². The normalized spacial score (nSPS) is 14.7. The van der Waals surface area contributed by atoms with Crippen LogP contribution in [0.25, 0.3) is 6.08 Å². The van der Waals surface area contributed by atoms with Crippen LogP contribution in [0.4, 0.5) is 5.69 Å². The molecule has 1 saturated heterocycles. The lowest BCUT2D eigenvalue weighted by Gasteiger charge is -2.14. The highest BCUT2D eigenvalue weighted by atomic mass is 79.9. The van der Waals surface area contributed by atoms with Gasteiger partial charge in [0.15, 0.2) is 5.11 Å². The number of benzene rings is 2. The number of hydrogen-bond acceptors (Lipinski definition) is 5. The van der Waals surface area contributed by atoms with E-state index in [1.165, 1.54) is 4.90 Å². The van der Waals surface area contributed by atoms with Crippen molar-refractivity contribution in [2.75, 3.05) is 18.6 Å². The highest BCUT2D eigenvalue weighted by Gasteiger charge is 2.32. The van der Waals surface area contributed by atoms with Gasteiger partial charge >= 0.3 is 0 Å². The third-order valence-electron chi connectivity index (χ3n) is 4.83. The molecule has 4 rings (SSSR count). The molecule has 1 aliphatic heterocycles. The van der Waals surface area contributed by atoms with Crippen LogP contribution in [0.5, 0.6) is 11.5 Å². The number of aromatic nitrogens is 2. The molecule has 0 saturated carbocycles. The summed E-state index contributed by atoms with van der Waals surface area (Å²) in [6, 6.07) is 13.0. The number of halogens is 1. The maximum absolute atomic E-state index is 13.1. The largest absolute Gasteiger partial charge is 0.496 e. The lowest BCUT2D eigenvalue weighted by molar-refractivity contribution is -0.113. The van der Waals surface area contributed by atoms with E-state index in [0.717, 1.165) is 27.1 Å². The van der Waals surface area contributed by atoms with Gasteiger partial charge in [-0.15, -0.1) is 0 Å². The monoisotopic (exact) mass is 512 g/mol. The van der Waals surface area contributed by atoms with Gasteiger partial charge in [0, 0.05) is 11.8 Å². The fraction of sp³-hybridized carbons (Fsp3) is 0.174. The summed E-state index contributed by atoms with van der Waals surface area (Å²) in [6.45, 7) is 3.03. The van der Waals surface area contributed by atoms with E-state index in [1.54, 1.807) is 24.1 Å². The van der Waals surface area contributed by atoms with Gasteiger partial charge in [0.25, 0.3) is 5.91 Å². The lowest BCUT2D eigenvalue weighted by atomic mass is 10.1. The Hall–Kier alpha value is -3.17. The summed E-state index contributed by atoms with van der Waals surface area (Å²) in [7, 11) is 1.63. The summed E-state index contributed by atoms with van der Waals surface area (Å²) in [6.07, 6.45) is 5.40. The minimum atomic E-state index is -0.215. The Morgan fingerprint density at radius 2 is 2.00 bits per heavy atom. The molecule has 164 valence electrons. The van der Waals surface area contributed by atoms with E-state index in [-0.39, 0.29) is 5.91 Å². The predicted octanol–water partition coefficient (Wildman–Crippen LogP) is 4.36. The van der Waals surface area contributed by atoms with Crippen molar-refractivity contribution in [3.8, 4) is 11.5 Å². The van der Waals surface area contributed by atoms with Gasteiger partial charge < -0.3 is 14.8 Å². The van der Waals surface area contributed by atoms with Crippen molar-refractivity contribution in [3.05, 3.63) is 76.2 Å². The molecule has 0 spiro atoms. The summed E-state index contributed by atoms with van der Waals surface area (Å²) >= 11 is 8.83. The van der Waals surface area contributed by atoms with Crippen LogP contribution in [-0.2, 0) is 11.3 Å².